The molecule has 0 bridgehead atoms. The Morgan fingerprint density at radius 2 is 2.05 bits per heavy atom. The minimum absolute atomic E-state index is 0.178. The third-order valence-corrected chi connectivity index (χ3v) is 4.40. The van der Waals surface area contributed by atoms with Crippen LogP contribution in [0.5, 0.6) is 11.5 Å². The molecule has 0 aliphatic carbocycles. The van der Waals surface area contributed by atoms with E-state index in [1.54, 1.807) is 25.6 Å². The Bertz CT molecular complexity index is 571. The van der Waals surface area contributed by atoms with Gasteiger partial charge < -0.3 is 14.8 Å². The van der Waals surface area contributed by atoms with Gasteiger partial charge in [0.15, 0.2) is 0 Å². The molecule has 2 rings (SSSR count). The predicted octanol–water partition coefficient (Wildman–Crippen LogP) is 4.27. The maximum absolute atomic E-state index is 5.92. The van der Waals surface area contributed by atoms with E-state index in [9.17, 15) is 0 Å². The van der Waals surface area contributed by atoms with Gasteiger partial charge in [-0.15, -0.1) is 11.3 Å². The van der Waals surface area contributed by atoms with Gasteiger partial charge in [-0.3, -0.25) is 0 Å². The van der Waals surface area contributed by atoms with Crippen molar-refractivity contribution in [3.63, 3.8) is 0 Å². The number of methoxy groups -OCH3 is 2. The molecule has 20 heavy (non-hydrogen) atoms. The summed E-state index contributed by atoms with van der Waals surface area (Å²) < 4.78 is 10.6. The average Bonchev–Trinajstić information content (AvgIpc) is 2.89. The molecule has 3 nitrogen and oxygen atoms in total. The quantitative estimate of drug-likeness (QED) is 0.864. The molecule has 1 atom stereocenters. The van der Waals surface area contributed by atoms with Gasteiger partial charge in [0, 0.05) is 34.5 Å². The molecular weight excluding hydrogens is 294 g/mol. The van der Waals surface area contributed by atoms with Crippen LogP contribution in [0.4, 0.5) is 0 Å². The second-order valence-corrected chi connectivity index (χ2v) is 5.87. The highest BCUT2D eigenvalue weighted by Crippen LogP contribution is 2.29. The SMILES string of the molecule is COc1ccc(C(C)NCc2cc(Cl)cs2)c(OC)c1. The number of hydrogen-bond donors (Lipinski definition) is 1. The highest BCUT2D eigenvalue weighted by molar-refractivity contribution is 7.10. The third kappa shape index (κ3) is 3.66. The van der Waals surface area contributed by atoms with Crippen molar-refractivity contribution in [1.82, 2.24) is 5.32 Å². The smallest absolute Gasteiger partial charge is 0.127 e. The minimum atomic E-state index is 0.178. The number of hydrogen-bond acceptors (Lipinski definition) is 4. The molecular formula is C15H18ClNO2S. The molecule has 5 heteroatoms. The summed E-state index contributed by atoms with van der Waals surface area (Å²) in [4.78, 5) is 1.22. The van der Waals surface area contributed by atoms with Crippen LogP contribution in [0.25, 0.3) is 0 Å². The van der Waals surface area contributed by atoms with Crippen molar-refractivity contribution >= 4 is 22.9 Å². The first-order valence-electron chi connectivity index (χ1n) is 6.32. The Hall–Kier alpha value is -1.23. The second kappa shape index (κ2) is 6.97. The zero-order chi connectivity index (χ0) is 14.5. The van der Waals surface area contributed by atoms with Crippen molar-refractivity contribution in [1.29, 1.82) is 0 Å². The fourth-order valence-electron chi connectivity index (χ4n) is 1.99. The van der Waals surface area contributed by atoms with E-state index in [1.807, 2.05) is 29.6 Å². The average molecular weight is 312 g/mol. The number of ether oxygens (including phenoxy) is 2. The Labute approximate surface area is 128 Å². The van der Waals surface area contributed by atoms with Crippen LogP contribution >= 0.6 is 22.9 Å². The first-order chi connectivity index (χ1) is 9.63. The van der Waals surface area contributed by atoms with E-state index >= 15 is 0 Å². The largest absolute Gasteiger partial charge is 0.497 e. The molecule has 1 aromatic carbocycles. The molecule has 108 valence electrons. The molecule has 2 aromatic rings. The van der Waals surface area contributed by atoms with Gasteiger partial charge in [0.1, 0.15) is 11.5 Å². The predicted molar refractivity (Wildman–Crippen MR) is 84.1 cm³/mol. The zero-order valence-electron chi connectivity index (χ0n) is 11.8. The van der Waals surface area contributed by atoms with E-state index in [4.69, 9.17) is 21.1 Å². The van der Waals surface area contributed by atoms with Crippen LogP contribution in [0.15, 0.2) is 29.6 Å². The monoisotopic (exact) mass is 311 g/mol. The molecule has 1 unspecified atom stereocenters. The number of thiophene rings is 1. The van der Waals surface area contributed by atoms with Crippen LogP contribution < -0.4 is 14.8 Å². The van der Waals surface area contributed by atoms with E-state index in [2.05, 4.69) is 12.2 Å². The van der Waals surface area contributed by atoms with Crippen LogP contribution in [0, 0.1) is 0 Å². The molecule has 0 saturated carbocycles. The van der Waals surface area contributed by atoms with Gasteiger partial charge in [-0.05, 0) is 19.1 Å². The molecule has 0 radical (unpaired) electrons. The number of rotatable bonds is 6. The van der Waals surface area contributed by atoms with Crippen LogP contribution in [0.1, 0.15) is 23.4 Å². The van der Waals surface area contributed by atoms with Gasteiger partial charge in [0.25, 0.3) is 0 Å². The van der Waals surface area contributed by atoms with Gasteiger partial charge in [-0.2, -0.15) is 0 Å². The van der Waals surface area contributed by atoms with Crippen LogP contribution in [-0.4, -0.2) is 14.2 Å². The topological polar surface area (TPSA) is 30.5 Å². The van der Waals surface area contributed by atoms with E-state index in [0.29, 0.717) is 0 Å². The first kappa shape index (κ1) is 15.2. The third-order valence-electron chi connectivity index (χ3n) is 3.11. The van der Waals surface area contributed by atoms with Crippen molar-refractivity contribution < 1.29 is 9.47 Å². The normalized spacial score (nSPS) is 12.2. The second-order valence-electron chi connectivity index (χ2n) is 4.44. The molecule has 0 amide bonds. The van der Waals surface area contributed by atoms with E-state index < -0.39 is 0 Å². The van der Waals surface area contributed by atoms with E-state index in [1.165, 1.54) is 4.88 Å². The van der Waals surface area contributed by atoms with Gasteiger partial charge in [-0.1, -0.05) is 17.7 Å². The van der Waals surface area contributed by atoms with Gasteiger partial charge in [0.05, 0.1) is 19.2 Å². The summed E-state index contributed by atoms with van der Waals surface area (Å²) in [6, 6.07) is 8.03. The maximum Gasteiger partial charge on any atom is 0.127 e. The zero-order valence-corrected chi connectivity index (χ0v) is 13.3. The summed E-state index contributed by atoms with van der Waals surface area (Å²) >= 11 is 7.58. The number of benzene rings is 1. The van der Waals surface area contributed by atoms with Crippen molar-refractivity contribution in [3.8, 4) is 11.5 Å². The lowest BCUT2D eigenvalue weighted by Crippen LogP contribution is -2.18. The van der Waals surface area contributed by atoms with E-state index in [-0.39, 0.29) is 6.04 Å². The molecule has 0 spiro atoms. The lowest BCUT2D eigenvalue weighted by atomic mass is 10.1. The maximum atomic E-state index is 5.92. The van der Waals surface area contributed by atoms with Crippen LogP contribution in [0.3, 0.4) is 0 Å². The fourth-order valence-corrected chi connectivity index (χ4v) is 3.01. The molecule has 1 N–H and O–H groups in total. The first-order valence-corrected chi connectivity index (χ1v) is 7.58. The van der Waals surface area contributed by atoms with Gasteiger partial charge in [0.2, 0.25) is 0 Å². The minimum Gasteiger partial charge on any atom is -0.497 e. The van der Waals surface area contributed by atoms with Crippen molar-refractivity contribution in [2.24, 2.45) is 0 Å². The summed E-state index contributed by atoms with van der Waals surface area (Å²) in [6.45, 7) is 2.90. The standard InChI is InChI=1S/C15H18ClNO2S/c1-10(17-8-13-6-11(16)9-20-13)14-5-4-12(18-2)7-15(14)19-3/h4-7,9-10,17H,8H2,1-3H3. The lowest BCUT2D eigenvalue weighted by molar-refractivity contribution is 0.386. The molecule has 1 aromatic heterocycles. The molecule has 1 heterocycles. The van der Waals surface area contributed by atoms with E-state index in [0.717, 1.165) is 28.6 Å². The summed E-state index contributed by atoms with van der Waals surface area (Å²) in [5, 5.41) is 6.21. The summed E-state index contributed by atoms with van der Waals surface area (Å²) in [5.41, 5.74) is 1.11. The Balaban J connectivity index is 2.06. The van der Waals surface area contributed by atoms with Crippen LogP contribution in [-0.2, 0) is 6.54 Å². The summed E-state index contributed by atoms with van der Waals surface area (Å²) in [6.07, 6.45) is 0. The molecule has 0 aliphatic rings. The van der Waals surface area contributed by atoms with Gasteiger partial charge >= 0.3 is 0 Å². The highest BCUT2D eigenvalue weighted by atomic mass is 35.5. The fraction of sp³-hybridized carbons (Fsp3) is 0.333. The van der Waals surface area contributed by atoms with Crippen molar-refractivity contribution in [3.05, 3.63) is 45.1 Å². The van der Waals surface area contributed by atoms with Crippen LogP contribution in [0.2, 0.25) is 5.02 Å². The Kier molecular flexibility index (Phi) is 5.29. The lowest BCUT2D eigenvalue weighted by Gasteiger charge is -2.17. The molecule has 0 aliphatic heterocycles. The molecule has 0 saturated heterocycles. The van der Waals surface area contributed by atoms with Gasteiger partial charge in [-0.25, -0.2) is 0 Å². The summed E-state index contributed by atoms with van der Waals surface area (Å²) in [7, 11) is 3.32. The summed E-state index contributed by atoms with van der Waals surface area (Å²) in [5.74, 6) is 1.62. The molecule has 0 fully saturated rings. The van der Waals surface area contributed by atoms with Crippen molar-refractivity contribution in [2.75, 3.05) is 14.2 Å². The number of halogens is 1. The van der Waals surface area contributed by atoms with Crippen molar-refractivity contribution in [2.45, 2.75) is 19.5 Å². The highest BCUT2D eigenvalue weighted by Gasteiger charge is 2.12. The number of nitrogens with one attached hydrogen (secondary N) is 1. The Morgan fingerprint density at radius 1 is 1.25 bits per heavy atom. The Morgan fingerprint density at radius 3 is 2.65 bits per heavy atom.